The highest BCUT2D eigenvalue weighted by molar-refractivity contribution is 5.73. The molecule has 0 aliphatic rings. The van der Waals surface area contributed by atoms with Crippen LogP contribution in [0, 0.1) is 19.3 Å². The van der Waals surface area contributed by atoms with E-state index in [4.69, 9.17) is 9.84 Å². The van der Waals surface area contributed by atoms with Gasteiger partial charge in [0.2, 0.25) is 0 Å². The van der Waals surface area contributed by atoms with Crippen molar-refractivity contribution in [3.8, 4) is 5.75 Å². The number of carboxylic acid groups (broad SMARTS) is 1. The fraction of sp³-hybridized carbons (Fsp3) is 0.533. The third-order valence-corrected chi connectivity index (χ3v) is 3.34. The van der Waals surface area contributed by atoms with Crippen molar-refractivity contribution in [1.29, 1.82) is 0 Å². The van der Waals surface area contributed by atoms with Gasteiger partial charge in [-0.05, 0) is 57.2 Å². The number of hydrogen-bond donors (Lipinski definition) is 1. The molecule has 1 aromatic carbocycles. The minimum Gasteiger partial charge on any atom is -0.496 e. The smallest absolute Gasteiger partial charge is 0.309 e. The zero-order valence-corrected chi connectivity index (χ0v) is 11.8. The van der Waals surface area contributed by atoms with E-state index in [0.29, 0.717) is 6.42 Å². The summed E-state index contributed by atoms with van der Waals surface area (Å²) in [5.74, 6) is 0.167. The van der Waals surface area contributed by atoms with Gasteiger partial charge >= 0.3 is 5.97 Å². The number of aryl methyl sites for hydroxylation is 3. The minimum absolute atomic E-state index is 0.632. The van der Waals surface area contributed by atoms with Gasteiger partial charge in [-0.1, -0.05) is 12.1 Å². The first-order chi connectivity index (χ1) is 8.27. The van der Waals surface area contributed by atoms with Gasteiger partial charge in [0.15, 0.2) is 0 Å². The van der Waals surface area contributed by atoms with Crippen molar-refractivity contribution >= 4 is 5.97 Å². The summed E-state index contributed by atoms with van der Waals surface area (Å²) in [6, 6.07) is 4.15. The topological polar surface area (TPSA) is 46.5 Å². The molecule has 0 saturated heterocycles. The lowest BCUT2D eigenvalue weighted by Gasteiger charge is -2.19. The highest BCUT2D eigenvalue weighted by atomic mass is 16.5. The third-order valence-electron chi connectivity index (χ3n) is 3.34. The molecule has 100 valence electrons. The lowest BCUT2D eigenvalue weighted by molar-refractivity contribution is -0.147. The van der Waals surface area contributed by atoms with Crippen LogP contribution in [0.25, 0.3) is 0 Å². The molecule has 0 atom stereocenters. The summed E-state index contributed by atoms with van der Waals surface area (Å²) in [6.45, 7) is 7.55. The molecular formula is C15H22O3. The van der Waals surface area contributed by atoms with E-state index >= 15 is 0 Å². The summed E-state index contributed by atoms with van der Waals surface area (Å²) in [5, 5.41) is 9.09. The maximum Gasteiger partial charge on any atom is 0.309 e. The first-order valence-corrected chi connectivity index (χ1v) is 6.15. The zero-order chi connectivity index (χ0) is 13.9. The molecule has 1 N–H and O–H groups in total. The first-order valence-electron chi connectivity index (χ1n) is 6.15. The van der Waals surface area contributed by atoms with Gasteiger partial charge in [0.1, 0.15) is 5.75 Å². The minimum atomic E-state index is -0.746. The molecule has 0 radical (unpaired) electrons. The largest absolute Gasteiger partial charge is 0.496 e. The Morgan fingerprint density at radius 3 is 2.17 bits per heavy atom. The fourth-order valence-electron chi connectivity index (χ4n) is 2.07. The molecule has 1 aromatic rings. The third kappa shape index (κ3) is 3.25. The molecule has 0 aromatic heterocycles. The van der Waals surface area contributed by atoms with Gasteiger partial charge in [-0.2, -0.15) is 0 Å². The number of rotatable bonds is 5. The summed E-state index contributed by atoms with van der Waals surface area (Å²) in [7, 11) is 1.67. The van der Waals surface area contributed by atoms with Crippen LogP contribution in [-0.2, 0) is 11.2 Å². The molecule has 0 unspecified atom stereocenters. The van der Waals surface area contributed by atoms with E-state index in [1.54, 1.807) is 21.0 Å². The van der Waals surface area contributed by atoms with Crippen LogP contribution in [0.15, 0.2) is 12.1 Å². The molecule has 0 bridgehead atoms. The number of hydrogen-bond acceptors (Lipinski definition) is 2. The van der Waals surface area contributed by atoms with Crippen LogP contribution < -0.4 is 4.74 Å². The molecule has 0 aliphatic carbocycles. The molecular weight excluding hydrogens is 228 g/mol. The van der Waals surface area contributed by atoms with Gasteiger partial charge < -0.3 is 9.84 Å². The quantitative estimate of drug-likeness (QED) is 0.871. The van der Waals surface area contributed by atoms with Crippen LogP contribution in [-0.4, -0.2) is 18.2 Å². The Bertz CT molecular complexity index is 424. The van der Waals surface area contributed by atoms with Crippen molar-refractivity contribution in [2.24, 2.45) is 5.41 Å². The normalized spacial score (nSPS) is 11.4. The second-order valence-electron chi connectivity index (χ2n) is 5.45. The Hall–Kier alpha value is -1.51. The van der Waals surface area contributed by atoms with Crippen molar-refractivity contribution in [3.63, 3.8) is 0 Å². The highest BCUT2D eigenvalue weighted by Gasteiger charge is 2.26. The van der Waals surface area contributed by atoms with Crippen LogP contribution in [0.3, 0.4) is 0 Å². The maximum absolute atomic E-state index is 11.1. The molecule has 0 amide bonds. The molecule has 3 heteroatoms. The number of carboxylic acids is 1. The Labute approximate surface area is 109 Å². The second-order valence-corrected chi connectivity index (χ2v) is 5.45. The molecule has 0 saturated carbocycles. The molecule has 0 spiro atoms. The van der Waals surface area contributed by atoms with E-state index in [-0.39, 0.29) is 0 Å². The average Bonchev–Trinajstić information content (AvgIpc) is 2.26. The van der Waals surface area contributed by atoms with Crippen LogP contribution in [0.4, 0.5) is 0 Å². The maximum atomic E-state index is 11.1. The SMILES string of the molecule is COc1c(C)cc(CCC(C)(C)C(=O)O)cc1C. The molecule has 3 nitrogen and oxygen atoms in total. The number of methoxy groups -OCH3 is 1. The average molecular weight is 250 g/mol. The zero-order valence-electron chi connectivity index (χ0n) is 11.8. The fourth-order valence-corrected chi connectivity index (χ4v) is 2.07. The summed E-state index contributed by atoms with van der Waals surface area (Å²) in [4.78, 5) is 11.1. The van der Waals surface area contributed by atoms with E-state index in [1.807, 2.05) is 13.8 Å². The molecule has 0 fully saturated rings. The van der Waals surface area contributed by atoms with Crippen LogP contribution in [0.5, 0.6) is 5.75 Å². The van der Waals surface area contributed by atoms with Gasteiger partial charge in [0.25, 0.3) is 0 Å². The van der Waals surface area contributed by atoms with Gasteiger partial charge in [-0.3, -0.25) is 4.79 Å². The van der Waals surface area contributed by atoms with E-state index in [9.17, 15) is 4.79 Å². The number of ether oxygens (including phenoxy) is 1. The Morgan fingerprint density at radius 1 is 1.28 bits per heavy atom. The molecule has 1 rings (SSSR count). The monoisotopic (exact) mass is 250 g/mol. The molecule has 0 heterocycles. The number of aliphatic carboxylic acids is 1. The summed E-state index contributed by atoms with van der Waals surface area (Å²) >= 11 is 0. The van der Waals surface area contributed by atoms with E-state index in [2.05, 4.69) is 12.1 Å². The van der Waals surface area contributed by atoms with Crippen LogP contribution in [0.1, 0.15) is 37.0 Å². The molecule has 0 aliphatic heterocycles. The molecule has 18 heavy (non-hydrogen) atoms. The van der Waals surface area contributed by atoms with Gasteiger partial charge in [-0.15, -0.1) is 0 Å². The van der Waals surface area contributed by atoms with E-state index in [1.165, 1.54) is 5.56 Å². The second kappa shape index (κ2) is 5.42. The van der Waals surface area contributed by atoms with Crippen molar-refractivity contribution < 1.29 is 14.6 Å². The van der Waals surface area contributed by atoms with E-state index < -0.39 is 11.4 Å². The van der Waals surface area contributed by atoms with Crippen molar-refractivity contribution in [1.82, 2.24) is 0 Å². The van der Waals surface area contributed by atoms with Crippen LogP contribution in [0.2, 0.25) is 0 Å². The number of carbonyl (C=O) groups is 1. The first kappa shape index (κ1) is 14.6. The summed E-state index contributed by atoms with van der Waals surface area (Å²) < 4.78 is 5.32. The number of benzene rings is 1. The predicted molar refractivity (Wildman–Crippen MR) is 72.2 cm³/mol. The Morgan fingerprint density at radius 2 is 1.78 bits per heavy atom. The predicted octanol–water partition coefficient (Wildman–Crippen LogP) is 3.36. The lowest BCUT2D eigenvalue weighted by atomic mass is 9.86. The Kier molecular flexibility index (Phi) is 4.38. The van der Waals surface area contributed by atoms with Crippen LogP contribution >= 0.6 is 0 Å². The van der Waals surface area contributed by atoms with Crippen molar-refractivity contribution in [2.75, 3.05) is 7.11 Å². The van der Waals surface area contributed by atoms with Crippen molar-refractivity contribution in [2.45, 2.75) is 40.5 Å². The lowest BCUT2D eigenvalue weighted by Crippen LogP contribution is -2.24. The van der Waals surface area contributed by atoms with Gasteiger partial charge in [-0.25, -0.2) is 0 Å². The standard InChI is InChI=1S/C15H22O3/c1-10-8-12(9-11(2)13(10)18-5)6-7-15(3,4)14(16)17/h8-9H,6-7H2,1-5H3,(H,16,17). The summed E-state index contributed by atoms with van der Waals surface area (Å²) in [6.07, 6.45) is 1.40. The van der Waals surface area contributed by atoms with E-state index in [0.717, 1.165) is 23.3 Å². The van der Waals surface area contributed by atoms with Gasteiger partial charge in [0, 0.05) is 0 Å². The van der Waals surface area contributed by atoms with Gasteiger partial charge in [0.05, 0.1) is 12.5 Å². The summed E-state index contributed by atoms with van der Waals surface area (Å²) in [5.41, 5.74) is 2.68. The highest BCUT2D eigenvalue weighted by Crippen LogP contribution is 2.28. The Balaban J connectivity index is 2.84. The van der Waals surface area contributed by atoms with Crippen molar-refractivity contribution in [3.05, 3.63) is 28.8 Å².